The van der Waals surface area contributed by atoms with Gasteiger partial charge in [-0.05, 0) is 91.4 Å². The van der Waals surface area contributed by atoms with Crippen LogP contribution in [0.3, 0.4) is 0 Å². The first-order valence-electron chi connectivity index (χ1n) is 26.8. The maximum absolute atomic E-state index is 13.4. The SMILES string of the molecule is CCCCCCCCCCCOC(=O)CCCCCN1CC(OC(=O)CCCN(C)C)C[C@H]1C(=O)OCCCCCCCC(=O)OC(CCCCCCCC)CCCCCCCC. The van der Waals surface area contributed by atoms with Gasteiger partial charge in [-0.2, -0.15) is 0 Å². The highest BCUT2D eigenvalue weighted by molar-refractivity contribution is 5.76. The molecule has 0 bridgehead atoms. The van der Waals surface area contributed by atoms with Crippen molar-refractivity contribution in [3.05, 3.63) is 0 Å². The van der Waals surface area contributed by atoms with Gasteiger partial charge in [0.15, 0.2) is 0 Å². The third-order valence-electron chi connectivity index (χ3n) is 12.6. The predicted molar refractivity (Wildman–Crippen MR) is 259 cm³/mol. The second-order valence-electron chi connectivity index (χ2n) is 19.0. The van der Waals surface area contributed by atoms with Gasteiger partial charge in [-0.3, -0.25) is 24.1 Å². The summed E-state index contributed by atoms with van der Waals surface area (Å²) in [4.78, 5) is 55.3. The van der Waals surface area contributed by atoms with E-state index in [2.05, 4.69) is 30.6 Å². The Kier molecular flexibility index (Phi) is 39.6. The van der Waals surface area contributed by atoms with Gasteiger partial charge >= 0.3 is 23.9 Å². The van der Waals surface area contributed by atoms with Crippen LogP contribution in [-0.4, -0.2) is 98.9 Å². The predicted octanol–water partition coefficient (Wildman–Crippen LogP) is 13.2. The van der Waals surface area contributed by atoms with Crippen molar-refractivity contribution in [1.29, 1.82) is 0 Å². The van der Waals surface area contributed by atoms with Gasteiger partial charge in [0, 0.05) is 32.2 Å². The number of esters is 4. The third kappa shape index (κ3) is 35.7. The molecule has 0 aromatic rings. The summed E-state index contributed by atoms with van der Waals surface area (Å²) in [7, 11) is 3.97. The van der Waals surface area contributed by atoms with Crippen LogP contribution in [0.2, 0.25) is 0 Å². The number of ether oxygens (including phenoxy) is 4. The Hall–Kier alpha value is -2.20. The first-order valence-corrected chi connectivity index (χ1v) is 26.8. The van der Waals surface area contributed by atoms with Crippen molar-refractivity contribution in [3.63, 3.8) is 0 Å². The molecule has 10 nitrogen and oxygen atoms in total. The number of nitrogens with zero attached hydrogens (tertiary/aromatic N) is 2. The summed E-state index contributed by atoms with van der Waals surface area (Å²) in [5.41, 5.74) is 0. The Morgan fingerprint density at radius 1 is 0.508 bits per heavy atom. The lowest BCUT2D eigenvalue weighted by Gasteiger charge is -2.22. The van der Waals surface area contributed by atoms with Crippen molar-refractivity contribution < 1.29 is 38.1 Å². The van der Waals surface area contributed by atoms with E-state index in [9.17, 15) is 19.2 Å². The molecule has 2 atom stereocenters. The fourth-order valence-electron chi connectivity index (χ4n) is 8.64. The number of carbonyl (C=O) groups is 4. The van der Waals surface area contributed by atoms with Crippen molar-refractivity contribution in [2.75, 3.05) is 46.9 Å². The van der Waals surface area contributed by atoms with Crippen molar-refractivity contribution in [3.8, 4) is 0 Å². The van der Waals surface area contributed by atoms with E-state index in [4.69, 9.17) is 18.9 Å². The van der Waals surface area contributed by atoms with Gasteiger partial charge in [0.25, 0.3) is 0 Å². The summed E-state index contributed by atoms with van der Waals surface area (Å²) in [6.45, 7) is 9.63. The lowest BCUT2D eigenvalue weighted by molar-refractivity contribution is -0.151. The Morgan fingerprint density at radius 3 is 1.49 bits per heavy atom. The minimum absolute atomic E-state index is 0.0494. The summed E-state index contributed by atoms with van der Waals surface area (Å²) >= 11 is 0. The van der Waals surface area contributed by atoms with Gasteiger partial charge in [-0.15, -0.1) is 0 Å². The van der Waals surface area contributed by atoms with Gasteiger partial charge in [-0.1, -0.05) is 162 Å². The first-order chi connectivity index (χ1) is 30.7. The maximum atomic E-state index is 13.4. The minimum Gasteiger partial charge on any atom is -0.466 e. The van der Waals surface area contributed by atoms with Crippen LogP contribution in [0.4, 0.5) is 0 Å². The molecule has 0 N–H and O–H groups in total. The van der Waals surface area contributed by atoms with Crippen molar-refractivity contribution in [2.24, 2.45) is 0 Å². The molecule has 1 saturated heterocycles. The minimum atomic E-state index is -0.442. The van der Waals surface area contributed by atoms with E-state index in [1.807, 2.05) is 14.1 Å². The van der Waals surface area contributed by atoms with E-state index >= 15 is 0 Å². The summed E-state index contributed by atoms with van der Waals surface area (Å²) < 4.78 is 23.1. The smallest absolute Gasteiger partial charge is 0.323 e. The van der Waals surface area contributed by atoms with E-state index in [1.165, 1.54) is 109 Å². The van der Waals surface area contributed by atoms with Crippen LogP contribution in [0.5, 0.6) is 0 Å². The zero-order chi connectivity index (χ0) is 46.0. The second-order valence-corrected chi connectivity index (χ2v) is 19.0. The highest BCUT2D eigenvalue weighted by Crippen LogP contribution is 2.24. The topological polar surface area (TPSA) is 112 Å². The van der Waals surface area contributed by atoms with E-state index in [0.717, 1.165) is 103 Å². The van der Waals surface area contributed by atoms with E-state index < -0.39 is 6.04 Å². The molecule has 0 spiro atoms. The molecule has 370 valence electrons. The van der Waals surface area contributed by atoms with E-state index in [1.54, 1.807) is 0 Å². The molecule has 1 unspecified atom stereocenters. The molecule has 0 radical (unpaired) electrons. The molecular formula is C53H100N2O8. The average molecular weight is 893 g/mol. The van der Waals surface area contributed by atoms with E-state index in [0.29, 0.717) is 52.0 Å². The van der Waals surface area contributed by atoms with Crippen LogP contribution in [0.25, 0.3) is 0 Å². The van der Waals surface area contributed by atoms with Crippen molar-refractivity contribution in [1.82, 2.24) is 9.80 Å². The molecule has 63 heavy (non-hydrogen) atoms. The van der Waals surface area contributed by atoms with Crippen LogP contribution in [-0.2, 0) is 38.1 Å². The van der Waals surface area contributed by atoms with Crippen LogP contribution < -0.4 is 0 Å². The molecule has 1 heterocycles. The fraction of sp³-hybridized carbons (Fsp3) is 0.925. The standard InChI is InChI=1S/C53H100N2O8/c1-6-9-12-15-18-19-20-25-33-43-60-50(56)38-31-27-32-42-55-46-48(63-52(58)40-35-41-54(4)5)45-49(55)53(59)61-44-34-26-21-24-30-39-51(57)62-47(36-28-22-16-13-10-7-2)37-29-23-17-14-11-8-3/h47-49H,6-46H2,1-5H3/t48?,49-/m0/s1. The molecule has 0 aromatic heterocycles. The summed E-state index contributed by atoms with van der Waals surface area (Å²) in [5.74, 6) is -0.638. The van der Waals surface area contributed by atoms with Gasteiger partial charge in [-0.25, -0.2) is 0 Å². The van der Waals surface area contributed by atoms with Crippen LogP contribution in [0, 0.1) is 0 Å². The lowest BCUT2D eigenvalue weighted by atomic mass is 10.0. The molecule has 1 fully saturated rings. The number of hydrogen-bond donors (Lipinski definition) is 0. The number of rotatable bonds is 45. The van der Waals surface area contributed by atoms with Crippen LogP contribution >= 0.6 is 0 Å². The van der Waals surface area contributed by atoms with Gasteiger partial charge in [0.05, 0.1) is 13.2 Å². The molecule has 1 aliphatic rings. The summed E-state index contributed by atoms with van der Waals surface area (Å²) in [6, 6.07) is -0.442. The maximum Gasteiger partial charge on any atom is 0.323 e. The Labute approximate surface area is 387 Å². The quantitative estimate of drug-likeness (QED) is 0.0333. The third-order valence-corrected chi connectivity index (χ3v) is 12.6. The molecule has 0 saturated carbocycles. The van der Waals surface area contributed by atoms with E-state index in [-0.39, 0.29) is 36.1 Å². The Morgan fingerprint density at radius 2 is 0.952 bits per heavy atom. The van der Waals surface area contributed by atoms with Crippen LogP contribution in [0.1, 0.15) is 252 Å². The molecule has 1 aliphatic heterocycles. The summed E-state index contributed by atoms with van der Waals surface area (Å²) in [6.07, 6.45) is 37.2. The number of hydrogen-bond acceptors (Lipinski definition) is 10. The summed E-state index contributed by atoms with van der Waals surface area (Å²) in [5, 5.41) is 0. The largest absolute Gasteiger partial charge is 0.466 e. The van der Waals surface area contributed by atoms with Gasteiger partial charge < -0.3 is 23.8 Å². The lowest BCUT2D eigenvalue weighted by Crippen LogP contribution is -2.38. The molecule has 10 heteroatoms. The number of likely N-dealkylation sites (tertiary alicyclic amines) is 1. The fourth-order valence-corrected chi connectivity index (χ4v) is 8.64. The molecule has 0 aromatic carbocycles. The Bertz CT molecular complexity index is 1090. The van der Waals surface area contributed by atoms with Gasteiger partial charge in [0.2, 0.25) is 0 Å². The normalized spacial score (nSPS) is 15.3. The first kappa shape index (κ1) is 58.8. The zero-order valence-electron chi connectivity index (χ0n) is 41.9. The van der Waals surface area contributed by atoms with Gasteiger partial charge in [0.1, 0.15) is 18.2 Å². The number of carbonyl (C=O) groups excluding carboxylic acids is 4. The Balaban J connectivity index is 2.40. The number of unbranched alkanes of at least 4 members (excludes halogenated alkanes) is 24. The van der Waals surface area contributed by atoms with Crippen molar-refractivity contribution in [2.45, 2.75) is 270 Å². The monoisotopic (exact) mass is 893 g/mol. The second kappa shape index (κ2) is 42.4. The molecule has 0 amide bonds. The van der Waals surface area contributed by atoms with Crippen molar-refractivity contribution >= 4 is 23.9 Å². The highest BCUT2D eigenvalue weighted by atomic mass is 16.6. The highest BCUT2D eigenvalue weighted by Gasteiger charge is 2.39. The average Bonchev–Trinajstić information content (AvgIpc) is 3.66. The molecule has 1 rings (SSSR count). The molecule has 0 aliphatic carbocycles. The zero-order valence-corrected chi connectivity index (χ0v) is 41.9. The molecular weight excluding hydrogens is 793 g/mol. The van der Waals surface area contributed by atoms with Crippen LogP contribution in [0.15, 0.2) is 0 Å².